The number of hydrogen-bond donors (Lipinski definition) is 0. The molecule has 0 bridgehead atoms. The molecule has 0 atom stereocenters. The standard InChI is InChI=1S/C19H19FN2O3S/c1-24-10-9-22-16-8-7-15(25-2)12-17(16)26-19(22)21-18(23)11-13-3-5-14(20)6-4-13/h3-8,12H,9-11H2,1-2H3. The molecule has 0 saturated heterocycles. The predicted octanol–water partition coefficient (Wildman–Crippen LogP) is 3.17. The van der Waals surface area contributed by atoms with E-state index in [1.54, 1.807) is 26.4 Å². The first-order valence-corrected chi connectivity index (χ1v) is 8.90. The van der Waals surface area contributed by atoms with Crippen LogP contribution in [0.5, 0.6) is 5.75 Å². The van der Waals surface area contributed by atoms with E-state index in [1.807, 2.05) is 22.8 Å². The Bertz CT molecular complexity index is 977. The van der Waals surface area contributed by atoms with E-state index < -0.39 is 0 Å². The van der Waals surface area contributed by atoms with Crippen LogP contribution in [0.2, 0.25) is 0 Å². The Morgan fingerprint density at radius 1 is 1.19 bits per heavy atom. The highest BCUT2D eigenvalue weighted by molar-refractivity contribution is 7.16. The summed E-state index contributed by atoms with van der Waals surface area (Å²) in [4.78, 5) is 17.3. The van der Waals surface area contributed by atoms with Crippen LogP contribution in [0.1, 0.15) is 5.56 Å². The Labute approximate surface area is 154 Å². The molecule has 0 aliphatic heterocycles. The molecule has 0 unspecified atom stereocenters. The first-order chi connectivity index (χ1) is 12.6. The van der Waals surface area contributed by atoms with Crippen molar-refractivity contribution in [2.75, 3.05) is 20.8 Å². The van der Waals surface area contributed by atoms with E-state index in [4.69, 9.17) is 9.47 Å². The average Bonchev–Trinajstić information content (AvgIpc) is 2.97. The first kappa shape index (κ1) is 18.3. The molecule has 0 fully saturated rings. The number of ether oxygens (including phenoxy) is 2. The molecular formula is C19H19FN2O3S. The maximum atomic E-state index is 13.0. The van der Waals surface area contributed by atoms with E-state index in [0.29, 0.717) is 18.0 Å². The number of nitrogens with zero attached hydrogens (tertiary/aromatic N) is 2. The van der Waals surface area contributed by atoms with E-state index in [2.05, 4.69) is 4.99 Å². The maximum absolute atomic E-state index is 13.0. The van der Waals surface area contributed by atoms with Crippen molar-refractivity contribution in [2.24, 2.45) is 4.99 Å². The van der Waals surface area contributed by atoms with Crippen LogP contribution in [-0.4, -0.2) is 31.3 Å². The highest BCUT2D eigenvalue weighted by Gasteiger charge is 2.10. The van der Waals surface area contributed by atoms with Crippen LogP contribution in [0.25, 0.3) is 10.2 Å². The molecule has 0 aliphatic rings. The fourth-order valence-electron chi connectivity index (χ4n) is 2.59. The third kappa shape index (κ3) is 4.17. The molecule has 0 N–H and O–H groups in total. The average molecular weight is 374 g/mol. The van der Waals surface area contributed by atoms with Gasteiger partial charge in [-0.3, -0.25) is 4.79 Å². The van der Waals surface area contributed by atoms with E-state index in [0.717, 1.165) is 21.5 Å². The van der Waals surface area contributed by atoms with Crippen molar-refractivity contribution in [1.82, 2.24) is 4.57 Å². The monoisotopic (exact) mass is 374 g/mol. The summed E-state index contributed by atoms with van der Waals surface area (Å²) in [5.41, 5.74) is 1.70. The number of hydrogen-bond acceptors (Lipinski definition) is 4. The van der Waals surface area contributed by atoms with E-state index in [9.17, 15) is 9.18 Å². The summed E-state index contributed by atoms with van der Waals surface area (Å²) in [6.07, 6.45) is 0.127. The Morgan fingerprint density at radius 3 is 2.65 bits per heavy atom. The fraction of sp³-hybridized carbons (Fsp3) is 0.263. The summed E-state index contributed by atoms with van der Waals surface area (Å²) in [5, 5.41) is 0. The van der Waals surface area contributed by atoms with Crippen molar-refractivity contribution in [1.29, 1.82) is 0 Å². The zero-order chi connectivity index (χ0) is 18.5. The molecule has 26 heavy (non-hydrogen) atoms. The number of methoxy groups -OCH3 is 2. The van der Waals surface area contributed by atoms with Crippen LogP contribution >= 0.6 is 11.3 Å². The van der Waals surface area contributed by atoms with Gasteiger partial charge in [-0.05, 0) is 35.9 Å². The Morgan fingerprint density at radius 2 is 1.96 bits per heavy atom. The fourth-order valence-corrected chi connectivity index (χ4v) is 3.69. The van der Waals surface area contributed by atoms with Gasteiger partial charge in [0.1, 0.15) is 11.6 Å². The van der Waals surface area contributed by atoms with Crippen molar-refractivity contribution >= 4 is 27.5 Å². The molecule has 1 heterocycles. The van der Waals surface area contributed by atoms with Gasteiger partial charge in [-0.15, -0.1) is 0 Å². The lowest BCUT2D eigenvalue weighted by atomic mass is 10.1. The first-order valence-electron chi connectivity index (χ1n) is 8.09. The SMILES string of the molecule is COCCn1c(=NC(=O)Cc2ccc(F)cc2)sc2cc(OC)ccc21. The molecule has 0 radical (unpaired) electrons. The van der Waals surface area contributed by atoms with Gasteiger partial charge in [0, 0.05) is 13.7 Å². The maximum Gasteiger partial charge on any atom is 0.252 e. The number of aromatic nitrogens is 1. The van der Waals surface area contributed by atoms with Crippen LogP contribution in [-0.2, 0) is 22.5 Å². The third-order valence-electron chi connectivity index (χ3n) is 3.90. The van der Waals surface area contributed by atoms with Gasteiger partial charge >= 0.3 is 0 Å². The second-order valence-corrected chi connectivity index (χ2v) is 6.68. The van der Waals surface area contributed by atoms with Crippen molar-refractivity contribution in [3.63, 3.8) is 0 Å². The van der Waals surface area contributed by atoms with Crippen LogP contribution in [0, 0.1) is 5.82 Å². The summed E-state index contributed by atoms with van der Waals surface area (Å²) < 4.78 is 26.4. The number of amides is 1. The lowest BCUT2D eigenvalue weighted by Crippen LogP contribution is -2.19. The van der Waals surface area contributed by atoms with E-state index in [1.165, 1.54) is 23.5 Å². The zero-order valence-electron chi connectivity index (χ0n) is 14.6. The van der Waals surface area contributed by atoms with Gasteiger partial charge < -0.3 is 14.0 Å². The quantitative estimate of drug-likeness (QED) is 0.666. The van der Waals surface area contributed by atoms with E-state index >= 15 is 0 Å². The normalized spacial score (nSPS) is 11.9. The molecule has 3 rings (SSSR count). The molecule has 136 valence electrons. The molecule has 7 heteroatoms. The molecule has 0 aliphatic carbocycles. The van der Waals surface area contributed by atoms with Crippen molar-refractivity contribution < 1.29 is 18.7 Å². The minimum atomic E-state index is -0.325. The summed E-state index contributed by atoms with van der Waals surface area (Å²) in [5.74, 6) is 0.150. The largest absolute Gasteiger partial charge is 0.497 e. The van der Waals surface area contributed by atoms with Crippen LogP contribution in [0.15, 0.2) is 47.5 Å². The molecule has 0 saturated carbocycles. The molecular weight excluding hydrogens is 355 g/mol. The highest BCUT2D eigenvalue weighted by Crippen LogP contribution is 2.23. The minimum Gasteiger partial charge on any atom is -0.497 e. The molecule has 1 amide bonds. The lowest BCUT2D eigenvalue weighted by Gasteiger charge is -2.05. The van der Waals surface area contributed by atoms with Crippen molar-refractivity contribution in [2.45, 2.75) is 13.0 Å². The number of fused-ring (bicyclic) bond motifs is 1. The zero-order valence-corrected chi connectivity index (χ0v) is 15.4. The van der Waals surface area contributed by atoms with Crippen LogP contribution in [0.4, 0.5) is 4.39 Å². The summed E-state index contributed by atoms with van der Waals surface area (Å²) >= 11 is 1.43. The van der Waals surface area contributed by atoms with Gasteiger partial charge in [-0.1, -0.05) is 23.5 Å². The Kier molecular flexibility index (Phi) is 5.80. The summed E-state index contributed by atoms with van der Waals surface area (Å²) in [6.45, 7) is 1.10. The van der Waals surface area contributed by atoms with Crippen LogP contribution in [0.3, 0.4) is 0 Å². The number of carbonyl (C=O) groups is 1. The molecule has 2 aromatic carbocycles. The second-order valence-electron chi connectivity index (χ2n) is 5.67. The molecule has 1 aromatic heterocycles. The van der Waals surface area contributed by atoms with Gasteiger partial charge in [0.2, 0.25) is 0 Å². The minimum absolute atomic E-state index is 0.127. The smallest absolute Gasteiger partial charge is 0.252 e. The van der Waals surface area contributed by atoms with Gasteiger partial charge in [-0.2, -0.15) is 4.99 Å². The topological polar surface area (TPSA) is 52.8 Å². The van der Waals surface area contributed by atoms with Gasteiger partial charge in [0.15, 0.2) is 4.80 Å². The highest BCUT2D eigenvalue weighted by atomic mass is 32.1. The molecule has 5 nitrogen and oxygen atoms in total. The van der Waals surface area contributed by atoms with Crippen molar-refractivity contribution in [3.05, 3.63) is 58.6 Å². The Hall–Kier alpha value is -2.51. The van der Waals surface area contributed by atoms with Gasteiger partial charge in [0.05, 0.1) is 30.4 Å². The van der Waals surface area contributed by atoms with Crippen molar-refractivity contribution in [3.8, 4) is 5.75 Å². The number of benzene rings is 2. The number of rotatable bonds is 6. The number of thiazole rings is 1. The number of carbonyl (C=O) groups excluding carboxylic acids is 1. The second kappa shape index (κ2) is 8.25. The van der Waals surface area contributed by atoms with Crippen LogP contribution < -0.4 is 9.54 Å². The molecule has 3 aromatic rings. The predicted molar refractivity (Wildman–Crippen MR) is 98.9 cm³/mol. The summed E-state index contributed by atoms with van der Waals surface area (Å²) in [6, 6.07) is 11.6. The van der Waals surface area contributed by atoms with E-state index in [-0.39, 0.29) is 18.1 Å². The molecule has 0 spiro atoms. The Balaban J connectivity index is 1.96. The number of halogens is 1. The van der Waals surface area contributed by atoms with Gasteiger partial charge in [-0.25, -0.2) is 4.39 Å². The summed E-state index contributed by atoms with van der Waals surface area (Å²) in [7, 11) is 3.25. The third-order valence-corrected chi connectivity index (χ3v) is 4.94. The van der Waals surface area contributed by atoms with Gasteiger partial charge in [0.25, 0.3) is 5.91 Å². The lowest BCUT2D eigenvalue weighted by molar-refractivity contribution is -0.117.